The highest BCUT2D eigenvalue weighted by Crippen LogP contribution is 2.30. The van der Waals surface area contributed by atoms with Gasteiger partial charge in [0.1, 0.15) is 18.5 Å². The molecule has 1 aliphatic rings. The Hall–Kier alpha value is -3.39. The number of nitrogens with one attached hydrogen (secondary N) is 2. The van der Waals surface area contributed by atoms with Crippen molar-refractivity contribution in [3.63, 3.8) is 0 Å². The van der Waals surface area contributed by atoms with Crippen LogP contribution in [0.15, 0.2) is 53.3 Å². The summed E-state index contributed by atoms with van der Waals surface area (Å²) in [6.45, 7) is 1.26. The molecule has 2 aromatic carbocycles. The van der Waals surface area contributed by atoms with E-state index >= 15 is 0 Å². The number of likely N-dealkylation sites (N-methyl/N-ethyl adjacent to an activating group) is 1. The molecule has 1 atom stereocenters. The third kappa shape index (κ3) is 4.55. The Morgan fingerprint density at radius 1 is 1.21 bits per heavy atom. The standard InChI is InChI=1S/C21H22N4O4/c1-25(11-19-23-16-7-3-2-6-15(16)21(27)24-19)12-20(26)22-10-14-13-28-17-8-4-5-9-18(17)29-14/h2-9,14H,10-13H2,1H3,(H,22,26)(H,23,24,27). The summed E-state index contributed by atoms with van der Waals surface area (Å²) in [5, 5.41) is 3.41. The number of hydrogen-bond donors (Lipinski definition) is 2. The monoisotopic (exact) mass is 394 g/mol. The molecule has 4 rings (SSSR count). The van der Waals surface area contributed by atoms with Crippen LogP contribution in [-0.4, -0.2) is 53.6 Å². The molecule has 0 radical (unpaired) electrons. The van der Waals surface area contributed by atoms with E-state index in [1.54, 1.807) is 30.1 Å². The minimum atomic E-state index is -0.238. The second-order valence-corrected chi connectivity index (χ2v) is 7.00. The van der Waals surface area contributed by atoms with E-state index < -0.39 is 0 Å². The van der Waals surface area contributed by atoms with Gasteiger partial charge < -0.3 is 19.8 Å². The number of hydrogen-bond acceptors (Lipinski definition) is 6. The molecule has 8 nitrogen and oxygen atoms in total. The lowest BCUT2D eigenvalue weighted by Gasteiger charge is -2.26. The summed E-state index contributed by atoms with van der Waals surface area (Å²) in [6.07, 6.45) is -0.238. The summed E-state index contributed by atoms with van der Waals surface area (Å²) in [5.41, 5.74) is 0.456. The lowest BCUT2D eigenvalue weighted by atomic mass is 10.2. The summed E-state index contributed by atoms with van der Waals surface area (Å²) in [4.78, 5) is 33.4. The van der Waals surface area contributed by atoms with Crippen molar-refractivity contribution < 1.29 is 14.3 Å². The summed E-state index contributed by atoms with van der Waals surface area (Å²) < 4.78 is 11.5. The molecular formula is C21H22N4O4. The van der Waals surface area contributed by atoms with Crippen molar-refractivity contribution in [2.45, 2.75) is 12.6 Å². The lowest BCUT2D eigenvalue weighted by molar-refractivity contribution is -0.122. The van der Waals surface area contributed by atoms with Crippen LogP contribution in [0.1, 0.15) is 5.82 Å². The normalized spacial score (nSPS) is 15.4. The first kappa shape index (κ1) is 18.9. The molecule has 0 saturated heterocycles. The van der Waals surface area contributed by atoms with Gasteiger partial charge in [-0.05, 0) is 31.3 Å². The van der Waals surface area contributed by atoms with Crippen molar-refractivity contribution >= 4 is 16.8 Å². The number of rotatable bonds is 6. The zero-order valence-corrected chi connectivity index (χ0v) is 16.1. The van der Waals surface area contributed by atoms with Crippen LogP contribution in [0.2, 0.25) is 0 Å². The van der Waals surface area contributed by atoms with Crippen LogP contribution in [0.3, 0.4) is 0 Å². The van der Waals surface area contributed by atoms with Crippen molar-refractivity contribution in [3.05, 3.63) is 64.7 Å². The van der Waals surface area contributed by atoms with Gasteiger partial charge in [-0.3, -0.25) is 14.5 Å². The van der Waals surface area contributed by atoms with Crippen molar-refractivity contribution in [1.82, 2.24) is 20.2 Å². The number of aromatic nitrogens is 2. The third-order valence-corrected chi connectivity index (χ3v) is 4.59. The Bertz CT molecular complexity index is 1080. The smallest absolute Gasteiger partial charge is 0.258 e. The second-order valence-electron chi connectivity index (χ2n) is 7.00. The van der Waals surface area contributed by atoms with Gasteiger partial charge in [-0.2, -0.15) is 0 Å². The van der Waals surface area contributed by atoms with E-state index in [4.69, 9.17) is 9.47 Å². The van der Waals surface area contributed by atoms with Crippen LogP contribution in [0.4, 0.5) is 0 Å². The van der Waals surface area contributed by atoms with Gasteiger partial charge in [-0.25, -0.2) is 4.98 Å². The molecule has 0 saturated carbocycles. The molecule has 0 bridgehead atoms. The number of para-hydroxylation sites is 3. The molecule has 2 N–H and O–H groups in total. The lowest BCUT2D eigenvalue weighted by Crippen LogP contribution is -2.43. The fourth-order valence-corrected chi connectivity index (χ4v) is 3.21. The first-order valence-electron chi connectivity index (χ1n) is 9.40. The molecule has 0 aliphatic carbocycles. The number of H-pyrrole nitrogens is 1. The van der Waals surface area contributed by atoms with Gasteiger partial charge in [0.15, 0.2) is 11.5 Å². The maximum absolute atomic E-state index is 12.3. The summed E-state index contributed by atoms with van der Waals surface area (Å²) in [6, 6.07) is 14.6. The van der Waals surface area contributed by atoms with Crippen LogP contribution in [0.5, 0.6) is 11.5 Å². The molecule has 0 fully saturated rings. The number of carbonyl (C=O) groups is 1. The number of ether oxygens (including phenoxy) is 2. The first-order valence-corrected chi connectivity index (χ1v) is 9.40. The molecular weight excluding hydrogens is 372 g/mol. The van der Waals surface area contributed by atoms with Crippen molar-refractivity contribution in [2.75, 3.05) is 26.7 Å². The second kappa shape index (κ2) is 8.32. The largest absolute Gasteiger partial charge is 0.486 e. The summed E-state index contributed by atoms with van der Waals surface area (Å²) in [7, 11) is 1.80. The van der Waals surface area contributed by atoms with Crippen LogP contribution in [0, 0.1) is 0 Å². The molecule has 1 aliphatic heterocycles. The maximum atomic E-state index is 12.3. The minimum Gasteiger partial charge on any atom is -0.486 e. The van der Waals surface area contributed by atoms with Crippen LogP contribution < -0.4 is 20.3 Å². The predicted octanol–water partition coefficient (Wildman–Crippen LogP) is 1.31. The van der Waals surface area contributed by atoms with E-state index in [0.717, 1.165) is 0 Å². The van der Waals surface area contributed by atoms with E-state index in [2.05, 4.69) is 15.3 Å². The highest BCUT2D eigenvalue weighted by molar-refractivity contribution is 5.78. The zero-order chi connectivity index (χ0) is 20.2. The van der Waals surface area contributed by atoms with E-state index in [9.17, 15) is 9.59 Å². The van der Waals surface area contributed by atoms with Crippen molar-refractivity contribution in [3.8, 4) is 11.5 Å². The van der Waals surface area contributed by atoms with E-state index in [1.165, 1.54) is 0 Å². The Kier molecular flexibility index (Phi) is 5.44. The van der Waals surface area contributed by atoms with Crippen LogP contribution in [-0.2, 0) is 11.3 Å². The SMILES string of the molecule is CN(CC(=O)NCC1COc2ccccc2O1)Cc1nc2ccccc2c(=O)[nH]1. The number of nitrogens with zero attached hydrogens (tertiary/aromatic N) is 2. The van der Waals surface area contributed by atoms with Crippen LogP contribution in [0.25, 0.3) is 10.9 Å². The van der Waals surface area contributed by atoms with Gasteiger partial charge in [0.05, 0.1) is 30.5 Å². The van der Waals surface area contributed by atoms with Crippen LogP contribution >= 0.6 is 0 Å². The third-order valence-electron chi connectivity index (χ3n) is 4.59. The van der Waals surface area contributed by atoms with E-state index in [0.29, 0.717) is 47.9 Å². The molecule has 1 unspecified atom stereocenters. The van der Waals surface area contributed by atoms with E-state index in [1.807, 2.05) is 30.3 Å². The predicted molar refractivity (Wildman–Crippen MR) is 108 cm³/mol. The number of fused-ring (bicyclic) bond motifs is 2. The quantitative estimate of drug-likeness (QED) is 0.654. The molecule has 150 valence electrons. The molecule has 2 heterocycles. The first-order chi connectivity index (χ1) is 14.1. The fourth-order valence-electron chi connectivity index (χ4n) is 3.21. The number of benzene rings is 2. The topological polar surface area (TPSA) is 96.6 Å². The van der Waals surface area contributed by atoms with Gasteiger partial charge in [0, 0.05) is 0 Å². The van der Waals surface area contributed by atoms with Crippen molar-refractivity contribution in [2.24, 2.45) is 0 Å². The summed E-state index contributed by atoms with van der Waals surface area (Å²) >= 11 is 0. The van der Waals surface area contributed by atoms with Gasteiger partial charge in [-0.15, -0.1) is 0 Å². The van der Waals surface area contributed by atoms with Gasteiger partial charge in [0.2, 0.25) is 5.91 Å². The minimum absolute atomic E-state index is 0.141. The fraction of sp³-hybridized carbons (Fsp3) is 0.286. The highest BCUT2D eigenvalue weighted by atomic mass is 16.6. The molecule has 3 aromatic rings. The molecule has 1 amide bonds. The molecule has 0 spiro atoms. The molecule has 29 heavy (non-hydrogen) atoms. The Labute approximate surface area is 167 Å². The number of aromatic amines is 1. The molecule has 8 heteroatoms. The van der Waals surface area contributed by atoms with E-state index in [-0.39, 0.29) is 24.1 Å². The Morgan fingerprint density at radius 3 is 2.83 bits per heavy atom. The average Bonchev–Trinajstić information content (AvgIpc) is 2.72. The maximum Gasteiger partial charge on any atom is 0.258 e. The Balaban J connectivity index is 1.28. The van der Waals surface area contributed by atoms with Crippen molar-refractivity contribution in [1.29, 1.82) is 0 Å². The molecule has 1 aromatic heterocycles. The highest BCUT2D eigenvalue weighted by Gasteiger charge is 2.21. The number of amides is 1. The van der Waals surface area contributed by atoms with Gasteiger partial charge in [0.25, 0.3) is 5.56 Å². The summed E-state index contributed by atoms with van der Waals surface area (Å²) in [5.74, 6) is 1.77. The van der Waals surface area contributed by atoms with Gasteiger partial charge in [-0.1, -0.05) is 24.3 Å². The average molecular weight is 394 g/mol. The van der Waals surface area contributed by atoms with Gasteiger partial charge >= 0.3 is 0 Å². The zero-order valence-electron chi connectivity index (χ0n) is 16.1. The number of carbonyl (C=O) groups excluding carboxylic acids is 1. The Morgan fingerprint density at radius 2 is 1.97 bits per heavy atom.